The normalized spacial score (nSPS) is 19.1. The summed E-state index contributed by atoms with van der Waals surface area (Å²) in [5, 5.41) is 0.130. The van der Waals surface area contributed by atoms with Gasteiger partial charge in [-0.3, -0.25) is 0 Å². The molecule has 0 radical (unpaired) electrons. The Morgan fingerprint density at radius 1 is 1.25 bits per heavy atom. The standard InChI is InChI=1S/C18H28F2O2Si.Na.H/c1-18(2,3)23(5,6)22-15-11-10-12-13(15)8-7-9-14(12)16(21-4)17(19)20;;/h7-9,15-17H,10-11H2,1-6H3;;/q;+1;-1. The molecule has 2 unspecified atom stereocenters. The minimum absolute atomic E-state index is 0. The monoisotopic (exact) mass is 366 g/mol. The second kappa shape index (κ2) is 8.27. The number of halogens is 2. The van der Waals surface area contributed by atoms with Crippen LogP contribution in [0.3, 0.4) is 0 Å². The number of ether oxygens (including phenoxy) is 1. The molecule has 1 aromatic carbocycles. The van der Waals surface area contributed by atoms with Crippen LogP contribution in [0.1, 0.15) is 57.5 Å². The van der Waals surface area contributed by atoms with E-state index in [1.807, 2.05) is 12.1 Å². The molecule has 1 aliphatic rings. The Morgan fingerprint density at radius 2 is 1.88 bits per heavy atom. The van der Waals surface area contributed by atoms with Crippen LogP contribution >= 0.6 is 0 Å². The van der Waals surface area contributed by atoms with E-state index in [0.717, 1.165) is 24.0 Å². The van der Waals surface area contributed by atoms with E-state index in [2.05, 4.69) is 33.9 Å². The summed E-state index contributed by atoms with van der Waals surface area (Å²) in [4.78, 5) is 0. The van der Waals surface area contributed by atoms with Crippen molar-refractivity contribution in [2.75, 3.05) is 7.11 Å². The van der Waals surface area contributed by atoms with Gasteiger partial charge in [-0.15, -0.1) is 0 Å². The van der Waals surface area contributed by atoms with Crippen molar-refractivity contribution in [2.24, 2.45) is 0 Å². The second-order valence-corrected chi connectivity index (χ2v) is 12.6. The van der Waals surface area contributed by atoms with E-state index in [1.165, 1.54) is 7.11 Å². The number of hydrogen-bond acceptors (Lipinski definition) is 2. The number of rotatable bonds is 5. The molecule has 0 bridgehead atoms. The third kappa shape index (κ3) is 4.49. The smallest absolute Gasteiger partial charge is 1.00 e. The Kier molecular flexibility index (Phi) is 7.67. The van der Waals surface area contributed by atoms with E-state index in [0.29, 0.717) is 5.56 Å². The van der Waals surface area contributed by atoms with E-state index in [4.69, 9.17) is 9.16 Å². The average molecular weight is 366 g/mol. The largest absolute Gasteiger partial charge is 1.00 e. The molecule has 132 valence electrons. The Balaban J connectivity index is 0.00000288. The summed E-state index contributed by atoms with van der Waals surface area (Å²) in [6.07, 6.45) is -2.03. The van der Waals surface area contributed by atoms with Crippen LogP contribution in [0.25, 0.3) is 0 Å². The first-order valence-electron chi connectivity index (χ1n) is 8.19. The van der Waals surface area contributed by atoms with Crippen molar-refractivity contribution in [1.29, 1.82) is 0 Å². The molecule has 0 saturated heterocycles. The van der Waals surface area contributed by atoms with Crippen molar-refractivity contribution in [3.8, 4) is 0 Å². The van der Waals surface area contributed by atoms with Crippen molar-refractivity contribution in [1.82, 2.24) is 0 Å². The van der Waals surface area contributed by atoms with Crippen LogP contribution in [0, 0.1) is 0 Å². The molecule has 0 aliphatic heterocycles. The van der Waals surface area contributed by atoms with Crippen molar-refractivity contribution in [3.63, 3.8) is 0 Å². The van der Waals surface area contributed by atoms with Gasteiger partial charge in [-0.25, -0.2) is 8.78 Å². The molecule has 0 N–H and O–H groups in total. The fraction of sp³-hybridized carbons (Fsp3) is 0.667. The van der Waals surface area contributed by atoms with E-state index in [-0.39, 0.29) is 42.1 Å². The maximum Gasteiger partial charge on any atom is 1.00 e. The van der Waals surface area contributed by atoms with Gasteiger partial charge in [0.1, 0.15) is 6.10 Å². The molecule has 6 heteroatoms. The summed E-state index contributed by atoms with van der Waals surface area (Å²) in [6.45, 7) is 11.1. The van der Waals surface area contributed by atoms with Crippen molar-refractivity contribution >= 4 is 8.32 Å². The van der Waals surface area contributed by atoms with E-state index >= 15 is 0 Å². The summed E-state index contributed by atoms with van der Waals surface area (Å²) in [7, 11) is -0.550. The van der Waals surface area contributed by atoms with Crippen LogP contribution in [0.5, 0.6) is 0 Å². The van der Waals surface area contributed by atoms with Gasteiger partial charge >= 0.3 is 29.6 Å². The molecule has 0 heterocycles. The zero-order chi connectivity index (χ0) is 17.4. The third-order valence-corrected chi connectivity index (χ3v) is 9.77. The Hall–Kier alpha value is 0.217. The summed E-state index contributed by atoms with van der Waals surface area (Å²) in [5.74, 6) is 0. The van der Waals surface area contributed by atoms with Gasteiger partial charge in [0, 0.05) is 7.11 Å². The summed E-state index contributed by atoms with van der Waals surface area (Å²) >= 11 is 0. The zero-order valence-corrected chi connectivity index (χ0v) is 19.0. The van der Waals surface area contributed by atoms with Crippen LogP contribution in [0.15, 0.2) is 18.2 Å². The summed E-state index contributed by atoms with van der Waals surface area (Å²) < 4.78 is 38.0. The van der Waals surface area contributed by atoms with Gasteiger partial charge in [0.05, 0.1) is 6.10 Å². The van der Waals surface area contributed by atoms with Crippen LogP contribution in [-0.4, -0.2) is 21.9 Å². The molecule has 0 amide bonds. The van der Waals surface area contributed by atoms with Crippen molar-refractivity contribution < 1.29 is 48.9 Å². The predicted molar refractivity (Wildman–Crippen MR) is 92.7 cm³/mol. The molecular weight excluding hydrogens is 337 g/mol. The average Bonchev–Trinajstić information content (AvgIpc) is 2.81. The molecular formula is C18H29F2NaO2Si. The molecule has 2 rings (SSSR count). The van der Waals surface area contributed by atoms with Gasteiger partial charge in [0.2, 0.25) is 0 Å². The number of alkyl halides is 2. The zero-order valence-electron chi connectivity index (χ0n) is 17.0. The first kappa shape index (κ1) is 22.3. The third-order valence-electron chi connectivity index (χ3n) is 5.28. The minimum Gasteiger partial charge on any atom is -1.00 e. The molecule has 0 fully saturated rings. The van der Waals surface area contributed by atoms with E-state index < -0.39 is 20.8 Å². The van der Waals surface area contributed by atoms with E-state index in [1.54, 1.807) is 6.07 Å². The van der Waals surface area contributed by atoms with Gasteiger partial charge in [0.25, 0.3) is 6.43 Å². The van der Waals surface area contributed by atoms with Crippen LogP contribution in [0.2, 0.25) is 18.1 Å². The fourth-order valence-electron chi connectivity index (χ4n) is 2.93. The predicted octanol–water partition coefficient (Wildman–Crippen LogP) is 2.76. The van der Waals surface area contributed by atoms with Gasteiger partial charge in [-0.1, -0.05) is 39.0 Å². The molecule has 2 nitrogen and oxygen atoms in total. The number of methoxy groups -OCH3 is 1. The van der Waals surface area contributed by atoms with Gasteiger partial charge in [-0.2, -0.15) is 0 Å². The van der Waals surface area contributed by atoms with Crippen molar-refractivity contribution in [2.45, 2.75) is 70.4 Å². The van der Waals surface area contributed by atoms with E-state index in [9.17, 15) is 8.78 Å². The fourth-order valence-corrected chi connectivity index (χ4v) is 4.24. The number of fused-ring (bicyclic) bond motifs is 1. The minimum atomic E-state index is -2.52. The topological polar surface area (TPSA) is 18.5 Å². The summed E-state index contributed by atoms with van der Waals surface area (Å²) in [6, 6.07) is 5.62. The number of benzene rings is 1. The molecule has 0 saturated carbocycles. The first-order valence-corrected chi connectivity index (χ1v) is 11.1. The van der Waals surface area contributed by atoms with Gasteiger partial charge in [0.15, 0.2) is 8.32 Å². The molecule has 24 heavy (non-hydrogen) atoms. The van der Waals surface area contributed by atoms with Gasteiger partial charge in [-0.05, 0) is 47.7 Å². The molecule has 1 aliphatic carbocycles. The SMILES string of the molecule is COC(c1cccc2c1CCC2O[Si](C)(C)C(C)(C)C)C(F)F.[H-].[Na+]. The first-order chi connectivity index (χ1) is 10.6. The quantitative estimate of drug-likeness (QED) is 0.746. The van der Waals surface area contributed by atoms with Crippen molar-refractivity contribution in [3.05, 3.63) is 34.9 Å². The maximum absolute atomic E-state index is 13.2. The molecule has 2 atom stereocenters. The van der Waals surface area contributed by atoms with Crippen LogP contribution in [-0.2, 0) is 15.6 Å². The van der Waals surface area contributed by atoms with Gasteiger partial charge < -0.3 is 10.6 Å². The van der Waals surface area contributed by atoms with Crippen LogP contribution < -0.4 is 29.6 Å². The summed E-state index contributed by atoms with van der Waals surface area (Å²) in [5.41, 5.74) is 2.67. The molecule has 1 aromatic rings. The number of hydrogen-bond donors (Lipinski definition) is 0. The Labute approximate surface area is 169 Å². The molecule has 0 aromatic heterocycles. The second-order valence-electron chi connectivity index (χ2n) is 7.81. The van der Waals surface area contributed by atoms with Crippen LogP contribution in [0.4, 0.5) is 8.78 Å². The Bertz CT molecular complexity index is 564. The Morgan fingerprint density at radius 3 is 2.38 bits per heavy atom. The molecule has 0 spiro atoms. The maximum atomic E-state index is 13.2.